The molecule has 0 radical (unpaired) electrons. The molecule has 0 N–H and O–H groups in total. The van der Waals surface area contributed by atoms with Gasteiger partial charge in [0.25, 0.3) is 0 Å². The number of ketones is 1. The van der Waals surface area contributed by atoms with Gasteiger partial charge in [0.05, 0.1) is 0 Å². The number of hydrogen-bond donors (Lipinski definition) is 0. The van der Waals surface area contributed by atoms with E-state index in [0.29, 0.717) is 5.78 Å². The minimum atomic E-state index is 0.0580. The van der Waals surface area contributed by atoms with Crippen molar-refractivity contribution in [2.75, 3.05) is 11.5 Å². The summed E-state index contributed by atoms with van der Waals surface area (Å²) in [5.74, 6) is 2.86. The van der Waals surface area contributed by atoms with Crippen molar-refractivity contribution in [3.63, 3.8) is 0 Å². The summed E-state index contributed by atoms with van der Waals surface area (Å²) in [6.07, 6.45) is 3.95. The number of benzene rings is 1. The quantitative estimate of drug-likeness (QED) is 0.596. The van der Waals surface area contributed by atoms with Crippen molar-refractivity contribution in [1.29, 1.82) is 0 Å². The van der Waals surface area contributed by atoms with Crippen molar-refractivity contribution in [3.05, 3.63) is 35.4 Å². The molecule has 1 atom stereocenters. The first kappa shape index (κ1) is 15.6. The van der Waals surface area contributed by atoms with Crippen molar-refractivity contribution in [2.24, 2.45) is 5.41 Å². The summed E-state index contributed by atoms with van der Waals surface area (Å²) >= 11 is 0. The molecule has 0 aliphatic carbocycles. The van der Waals surface area contributed by atoms with Gasteiger partial charge < -0.3 is 0 Å². The van der Waals surface area contributed by atoms with E-state index in [1.165, 1.54) is 36.3 Å². The largest absolute Gasteiger partial charge is 0.288 e. The number of aryl methyl sites for hydroxylation is 1. The molecule has 0 aromatic heterocycles. The molecule has 1 aromatic rings. The second-order valence-corrected chi connectivity index (χ2v) is 9.35. The van der Waals surface area contributed by atoms with E-state index >= 15 is 0 Å². The Balaban J connectivity index is 2.26. The van der Waals surface area contributed by atoms with Gasteiger partial charge in [-0.05, 0) is 37.1 Å². The zero-order valence-corrected chi connectivity index (χ0v) is 14.1. The van der Waals surface area contributed by atoms with Gasteiger partial charge in [0.2, 0.25) is 5.78 Å². The lowest BCUT2D eigenvalue weighted by molar-refractivity contribution is 0.0948. The summed E-state index contributed by atoms with van der Waals surface area (Å²) < 4.78 is 0. The van der Waals surface area contributed by atoms with Crippen LogP contribution < -0.4 is 0 Å². The van der Waals surface area contributed by atoms with Crippen LogP contribution >= 0.6 is 0 Å². The average molecular weight is 291 g/mol. The molecule has 1 aromatic carbocycles. The molecule has 1 fully saturated rings. The van der Waals surface area contributed by atoms with Crippen molar-refractivity contribution < 1.29 is 4.79 Å². The fourth-order valence-electron chi connectivity index (χ4n) is 3.00. The van der Waals surface area contributed by atoms with Crippen molar-refractivity contribution in [3.8, 4) is 0 Å². The smallest absolute Gasteiger partial charge is 0.215 e. The maximum absolute atomic E-state index is 13.0. The van der Waals surface area contributed by atoms with Gasteiger partial charge in [0, 0.05) is 11.0 Å². The zero-order chi connectivity index (χ0) is 14.8. The van der Waals surface area contributed by atoms with Gasteiger partial charge in [-0.3, -0.25) is 4.79 Å². The molecule has 2 heteroatoms. The van der Waals surface area contributed by atoms with Crippen LogP contribution in [0.25, 0.3) is 0 Å². The number of hydrogen-bond acceptors (Lipinski definition) is 1. The number of carbonyl (C=O) groups excluding carboxylic acids is 1. The highest BCUT2D eigenvalue weighted by Gasteiger charge is 2.45. The molecular formula is C18H27OS+. The van der Waals surface area contributed by atoms with Crippen molar-refractivity contribution in [2.45, 2.75) is 52.2 Å². The van der Waals surface area contributed by atoms with Gasteiger partial charge in [0.1, 0.15) is 11.5 Å². The lowest BCUT2D eigenvalue weighted by Gasteiger charge is -2.31. The first-order valence-corrected chi connectivity index (χ1v) is 9.29. The van der Waals surface area contributed by atoms with Crippen LogP contribution in [0.5, 0.6) is 0 Å². The SMILES string of the molecule is Cc1ccc(C(=O)C([S+]2CCCCC2)C(C)(C)C)cc1. The highest BCUT2D eigenvalue weighted by atomic mass is 32.2. The Labute approximate surface area is 126 Å². The van der Waals surface area contributed by atoms with Gasteiger partial charge in [-0.2, -0.15) is 0 Å². The van der Waals surface area contributed by atoms with Crippen LogP contribution in [0.1, 0.15) is 56.0 Å². The van der Waals surface area contributed by atoms with E-state index in [1.54, 1.807) is 0 Å². The standard InChI is InChI=1S/C18H27OS/c1-14-8-10-15(11-9-14)16(19)17(18(2,3)4)20-12-6-5-7-13-20/h8-11,17H,5-7,12-13H2,1-4H3/q+1. The Morgan fingerprint density at radius 1 is 1.05 bits per heavy atom. The first-order chi connectivity index (χ1) is 9.39. The molecule has 1 aliphatic rings. The first-order valence-electron chi connectivity index (χ1n) is 7.67. The van der Waals surface area contributed by atoms with E-state index in [2.05, 4.69) is 39.8 Å². The minimum absolute atomic E-state index is 0.0580. The molecule has 20 heavy (non-hydrogen) atoms. The summed E-state index contributed by atoms with van der Waals surface area (Å²) in [5, 5.41) is 0.186. The summed E-state index contributed by atoms with van der Waals surface area (Å²) in [5.41, 5.74) is 2.17. The Kier molecular flexibility index (Phi) is 4.95. The fraction of sp³-hybridized carbons (Fsp3) is 0.611. The third kappa shape index (κ3) is 3.66. The number of carbonyl (C=O) groups is 1. The lowest BCUT2D eigenvalue weighted by Crippen LogP contribution is -2.45. The summed E-state index contributed by atoms with van der Waals surface area (Å²) in [6, 6.07) is 8.11. The van der Waals surface area contributed by atoms with Gasteiger partial charge in [-0.1, -0.05) is 50.6 Å². The highest BCUT2D eigenvalue weighted by molar-refractivity contribution is 7.98. The molecule has 110 valence electrons. The summed E-state index contributed by atoms with van der Waals surface area (Å²) in [7, 11) is 0.263. The molecule has 0 bridgehead atoms. The van der Waals surface area contributed by atoms with Crippen LogP contribution in [0.4, 0.5) is 0 Å². The third-order valence-corrected chi connectivity index (χ3v) is 7.22. The van der Waals surface area contributed by atoms with Crippen LogP contribution in [0.15, 0.2) is 24.3 Å². The molecule has 1 saturated heterocycles. The van der Waals surface area contributed by atoms with E-state index in [9.17, 15) is 4.79 Å². The van der Waals surface area contributed by atoms with E-state index in [-0.39, 0.29) is 21.6 Å². The highest BCUT2D eigenvalue weighted by Crippen LogP contribution is 2.33. The van der Waals surface area contributed by atoms with Crippen molar-refractivity contribution in [1.82, 2.24) is 0 Å². The number of Topliss-reactive ketones (excluding diaryl/α,β-unsaturated/α-hetero) is 1. The van der Waals surface area contributed by atoms with E-state index in [0.717, 1.165) is 5.56 Å². The van der Waals surface area contributed by atoms with Gasteiger partial charge in [-0.25, -0.2) is 0 Å². The van der Waals surface area contributed by atoms with Crippen LogP contribution in [-0.4, -0.2) is 22.5 Å². The van der Waals surface area contributed by atoms with E-state index in [4.69, 9.17) is 0 Å². The molecule has 1 unspecified atom stereocenters. The zero-order valence-electron chi connectivity index (χ0n) is 13.2. The van der Waals surface area contributed by atoms with E-state index < -0.39 is 0 Å². The molecule has 1 aliphatic heterocycles. The van der Waals surface area contributed by atoms with Crippen LogP contribution in [0, 0.1) is 12.3 Å². The van der Waals surface area contributed by atoms with Crippen LogP contribution in [0.2, 0.25) is 0 Å². The van der Waals surface area contributed by atoms with Gasteiger partial charge in [-0.15, -0.1) is 0 Å². The Hall–Kier alpha value is -0.760. The Bertz CT molecular complexity index is 449. The average Bonchev–Trinajstić information content (AvgIpc) is 2.39. The Morgan fingerprint density at radius 2 is 1.60 bits per heavy atom. The topological polar surface area (TPSA) is 17.1 Å². The second kappa shape index (κ2) is 6.34. The van der Waals surface area contributed by atoms with Gasteiger partial charge >= 0.3 is 0 Å². The molecular weight excluding hydrogens is 264 g/mol. The third-order valence-electron chi connectivity index (χ3n) is 4.01. The number of rotatable bonds is 3. The van der Waals surface area contributed by atoms with Gasteiger partial charge in [0.15, 0.2) is 5.25 Å². The monoisotopic (exact) mass is 291 g/mol. The predicted octanol–water partition coefficient (Wildman–Crippen LogP) is 4.39. The normalized spacial score (nSPS) is 18.8. The summed E-state index contributed by atoms with van der Waals surface area (Å²) in [4.78, 5) is 13.0. The van der Waals surface area contributed by atoms with Crippen molar-refractivity contribution >= 4 is 16.7 Å². The summed E-state index contributed by atoms with van der Waals surface area (Å²) in [6.45, 7) is 8.75. The minimum Gasteiger partial charge on any atom is -0.288 e. The molecule has 0 saturated carbocycles. The molecule has 0 amide bonds. The van der Waals surface area contributed by atoms with E-state index in [1.807, 2.05) is 12.1 Å². The second-order valence-electron chi connectivity index (χ2n) is 6.98. The lowest BCUT2D eigenvalue weighted by atomic mass is 9.87. The van der Waals surface area contributed by atoms with Crippen LogP contribution in [-0.2, 0) is 10.9 Å². The molecule has 1 heterocycles. The maximum Gasteiger partial charge on any atom is 0.215 e. The molecule has 0 spiro atoms. The molecule has 2 rings (SSSR count). The maximum atomic E-state index is 13.0. The molecule has 1 nitrogen and oxygen atoms in total. The Morgan fingerprint density at radius 3 is 2.10 bits per heavy atom. The predicted molar refractivity (Wildman–Crippen MR) is 89.7 cm³/mol. The fourth-order valence-corrected chi connectivity index (χ4v) is 6.27. The van der Waals surface area contributed by atoms with Crippen LogP contribution in [0.3, 0.4) is 0 Å².